The summed E-state index contributed by atoms with van der Waals surface area (Å²) in [6.45, 7) is 11.5. The lowest BCUT2D eigenvalue weighted by Crippen LogP contribution is -2.34. The summed E-state index contributed by atoms with van der Waals surface area (Å²) in [5.74, 6) is 6.61. The van der Waals surface area contributed by atoms with Crippen LogP contribution in [0.4, 0.5) is 11.8 Å². The highest BCUT2D eigenvalue weighted by atomic mass is 32.2. The molecule has 1 aliphatic rings. The van der Waals surface area contributed by atoms with E-state index in [9.17, 15) is 18.9 Å². The third kappa shape index (κ3) is 11.7. The van der Waals surface area contributed by atoms with Gasteiger partial charge in [0.05, 0.1) is 32.5 Å². The van der Waals surface area contributed by atoms with Crippen molar-refractivity contribution in [1.29, 1.82) is 0 Å². The zero-order chi connectivity index (χ0) is 30.8. The van der Waals surface area contributed by atoms with Gasteiger partial charge < -0.3 is 15.4 Å². The molecule has 0 fully saturated rings. The van der Waals surface area contributed by atoms with Crippen molar-refractivity contribution in [1.82, 2.24) is 9.97 Å². The number of fused-ring (bicyclic) bond motifs is 1. The molecule has 2 rings (SSSR count). The molecule has 1 aromatic heterocycles. The van der Waals surface area contributed by atoms with E-state index in [2.05, 4.69) is 21.8 Å². The molecule has 0 radical (unpaired) electrons. The van der Waals surface area contributed by atoms with E-state index in [1.54, 1.807) is 0 Å². The summed E-state index contributed by atoms with van der Waals surface area (Å²) in [6.07, 6.45) is -0.0976. The van der Waals surface area contributed by atoms with Gasteiger partial charge in [-0.15, -0.1) is 0 Å². The Morgan fingerprint density at radius 3 is 2.15 bits per heavy atom. The second kappa shape index (κ2) is 15.6. The zero-order valence-electron chi connectivity index (χ0n) is 24.7. The first-order valence-electron chi connectivity index (χ1n) is 13.1. The molecule has 3 N–H and O–H groups in total. The Kier molecular flexibility index (Phi) is 13.4. The second-order valence-corrected chi connectivity index (χ2v) is 15.0. The van der Waals surface area contributed by atoms with Crippen LogP contribution in [0.25, 0.3) is 0 Å². The number of hydrogen-bond donors (Lipinski definition) is 2. The van der Waals surface area contributed by atoms with Gasteiger partial charge in [-0.25, -0.2) is 4.57 Å². The van der Waals surface area contributed by atoms with E-state index in [1.807, 2.05) is 46.4 Å². The fourth-order valence-corrected chi connectivity index (χ4v) is 6.18. The summed E-state index contributed by atoms with van der Waals surface area (Å²) in [5.41, 5.74) is 4.52. The highest BCUT2D eigenvalue weighted by molar-refractivity contribution is 8.14. The number of anilines is 2. The van der Waals surface area contributed by atoms with Crippen LogP contribution in [0.15, 0.2) is 4.79 Å². The van der Waals surface area contributed by atoms with Gasteiger partial charge in [-0.2, -0.15) is 4.98 Å². The number of rotatable bonds is 15. The van der Waals surface area contributed by atoms with Gasteiger partial charge in [0, 0.05) is 36.0 Å². The number of ether oxygens (including phenoxy) is 1. The van der Waals surface area contributed by atoms with E-state index in [1.165, 1.54) is 7.11 Å². The van der Waals surface area contributed by atoms with Gasteiger partial charge in [0.2, 0.25) is 5.95 Å². The maximum absolute atomic E-state index is 13.5. The van der Waals surface area contributed by atoms with Gasteiger partial charge >= 0.3 is 7.82 Å². The molecule has 0 aromatic carbocycles. The van der Waals surface area contributed by atoms with Gasteiger partial charge in [-0.3, -0.25) is 32.9 Å². The average molecular weight is 633 g/mol. The molecule has 230 valence electrons. The lowest BCUT2D eigenvalue weighted by atomic mass is 9.99. The van der Waals surface area contributed by atoms with Crippen LogP contribution in [0, 0.1) is 22.7 Å². The number of H-pyrrole nitrogens is 1. The van der Waals surface area contributed by atoms with Crippen molar-refractivity contribution < 1.29 is 32.5 Å². The Bertz CT molecular complexity index is 1200. The smallest absolute Gasteiger partial charge is 0.379 e. The van der Waals surface area contributed by atoms with E-state index in [4.69, 9.17) is 24.0 Å². The Morgan fingerprint density at radius 1 is 1.07 bits per heavy atom. The molecule has 0 spiro atoms. The van der Waals surface area contributed by atoms with E-state index in [0.29, 0.717) is 25.3 Å². The van der Waals surface area contributed by atoms with Crippen molar-refractivity contribution in [2.45, 2.75) is 54.1 Å². The Hall–Kier alpha value is -1.85. The quantitative estimate of drug-likeness (QED) is 0.164. The number of nitrogens with zero attached hydrogens (tertiary/aromatic N) is 2. The number of nitrogens with one attached hydrogen (secondary N) is 1. The molecule has 0 aliphatic carbocycles. The van der Waals surface area contributed by atoms with Crippen LogP contribution in [0.2, 0.25) is 0 Å². The number of methoxy groups -OCH3 is 1. The molecule has 1 aromatic rings. The number of carbonyl (C=O) groups is 2. The summed E-state index contributed by atoms with van der Waals surface area (Å²) in [7, 11) is -2.55. The molecule has 0 bridgehead atoms. The standard InChI is InChI=1S/C26H41N4O8PS2/c1-25(2,3)22(32)40-15-13-36-39(34,37-14-16-41-23(33)26(4,5)6)38-17-18(35-7)10-12-30-11-8-9-19-20(30)28-24(27)29-21(19)31/h18H,10-17H2,1-7H3,(H3,27,28,29,31). The Morgan fingerprint density at radius 2 is 1.63 bits per heavy atom. The van der Waals surface area contributed by atoms with Crippen LogP contribution in [0.1, 0.15) is 53.5 Å². The highest BCUT2D eigenvalue weighted by Crippen LogP contribution is 2.50. The number of hydrogen-bond acceptors (Lipinski definition) is 13. The van der Waals surface area contributed by atoms with Crippen molar-refractivity contribution in [2.24, 2.45) is 10.8 Å². The number of phosphoric ester groups is 1. The van der Waals surface area contributed by atoms with E-state index < -0.39 is 30.3 Å². The maximum Gasteiger partial charge on any atom is 0.474 e. The molecule has 1 aliphatic heterocycles. The number of aromatic amines is 1. The van der Waals surface area contributed by atoms with Crippen LogP contribution < -0.4 is 16.2 Å². The molecule has 0 saturated heterocycles. The van der Waals surface area contributed by atoms with Crippen molar-refractivity contribution >= 4 is 53.3 Å². The predicted molar refractivity (Wildman–Crippen MR) is 163 cm³/mol. The van der Waals surface area contributed by atoms with Crippen LogP contribution in [0.3, 0.4) is 0 Å². The SMILES string of the molecule is COC(CCN1CC#Cc2c1nc(N)[nH]c2=O)COP(=O)(OCCSC(=O)C(C)(C)C)OCCSC(=O)C(C)(C)C. The number of carbonyl (C=O) groups excluding carboxylic acids is 2. The largest absolute Gasteiger partial charge is 0.474 e. The first-order valence-corrected chi connectivity index (χ1v) is 16.5. The number of aromatic nitrogens is 2. The summed E-state index contributed by atoms with van der Waals surface area (Å²) in [4.78, 5) is 45.0. The third-order valence-electron chi connectivity index (χ3n) is 5.53. The first kappa shape index (κ1) is 35.3. The topological polar surface area (TPSA) is 163 Å². The van der Waals surface area contributed by atoms with Crippen LogP contribution in [0.5, 0.6) is 0 Å². The number of phosphoric acid groups is 1. The summed E-state index contributed by atoms with van der Waals surface area (Å²) in [5, 5.41) is -0.0342. The Balaban J connectivity index is 1.98. The van der Waals surface area contributed by atoms with Gasteiger partial charge in [0.15, 0.2) is 16.0 Å². The Labute approximate surface area is 250 Å². The molecule has 15 heteroatoms. The normalized spacial score (nSPS) is 14.3. The van der Waals surface area contributed by atoms with Crippen LogP contribution >= 0.6 is 31.3 Å². The molecule has 12 nitrogen and oxygen atoms in total. The van der Waals surface area contributed by atoms with Crippen LogP contribution in [-0.4, -0.2) is 77.8 Å². The summed E-state index contributed by atoms with van der Waals surface area (Å²) < 4.78 is 35.7. The fourth-order valence-electron chi connectivity index (χ4n) is 3.16. The molecule has 0 saturated carbocycles. The van der Waals surface area contributed by atoms with Crippen molar-refractivity contribution in [3.63, 3.8) is 0 Å². The van der Waals surface area contributed by atoms with E-state index in [0.717, 1.165) is 23.5 Å². The zero-order valence-corrected chi connectivity index (χ0v) is 27.3. The van der Waals surface area contributed by atoms with E-state index >= 15 is 0 Å². The lowest BCUT2D eigenvalue weighted by Gasteiger charge is -2.27. The van der Waals surface area contributed by atoms with Gasteiger partial charge in [-0.05, 0) is 6.42 Å². The summed E-state index contributed by atoms with van der Waals surface area (Å²) >= 11 is 2.17. The number of nitrogens with two attached hydrogens (primary N) is 1. The highest BCUT2D eigenvalue weighted by Gasteiger charge is 2.30. The van der Waals surface area contributed by atoms with Crippen molar-refractivity contribution in [3.8, 4) is 11.8 Å². The molecule has 2 heterocycles. The maximum atomic E-state index is 13.5. The second-order valence-electron chi connectivity index (χ2n) is 11.2. The minimum Gasteiger partial charge on any atom is -0.379 e. The van der Waals surface area contributed by atoms with Gasteiger partial charge in [-0.1, -0.05) is 76.9 Å². The lowest BCUT2D eigenvalue weighted by molar-refractivity contribution is -0.118. The summed E-state index contributed by atoms with van der Waals surface area (Å²) in [6, 6.07) is 0. The molecule has 41 heavy (non-hydrogen) atoms. The fraction of sp³-hybridized carbons (Fsp3) is 0.692. The monoisotopic (exact) mass is 632 g/mol. The molecule has 1 unspecified atom stereocenters. The molecule has 0 amide bonds. The predicted octanol–water partition coefficient (Wildman–Crippen LogP) is 3.70. The molecule has 1 atom stereocenters. The number of nitrogen functional groups attached to an aromatic ring is 1. The van der Waals surface area contributed by atoms with E-state index in [-0.39, 0.29) is 53.1 Å². The van der Waals surface area contributed by atoms with Crippen molar-refractivity contribution in [2.75, 3.05) is 62.2 Å². The van der Waals surface area contributed by atoms with Crippen LogP contribution in [-0.2, 0) is 32.5 Å². The van der Waals surface area contributed by atoms with Crippen molar-refractivity contribution in [3.05, 3.63) is 15.9 Å². The third-order valence-corrected chi connectivity index (χ3v) is 9.48. The minimum atomic E-state index is -4.05. The molecular formula is C26H41N4O8PS2. The first-order chi connectivity index (χ1) is 19.1. The molecular weight excluding hydrogens is 591 g/mol. The van der Waals surface area contributed by atoms with Gasteiger partial charge in [0.1, 0.15) is 5.56 Å². The average Bonchev–Trinajstić information content (AvgIpc) is 2.88. The number of thioether (sulfide) groups is 2. The van der Waals surface area contributed by atoms with Gasteiger partial charge in [0.25, 0.3) is 5.56 Å². The minimum absolute atomic E-state index is 0.00552.